The Morgan fingerprint density at radius 3 is 3.10 bits per heavy atom. The summed E-state index contributed by atoms with van der Waals surface area (Å²) in [5.41, 5.74) is 2.14. The maximum atomic E-state index is 12.8. The van der Waals surface area contributed by atoms with Crippen molar-refractivity contribution in [3.8, 4) is 0 Å². The minimum absolute atomic E-state index is 0.0615. The normalized spacial score (nSPS) is 19.1. The van der Waals surface area contributed by atoms with Gasteiger partial charge in [0.1, 0.15) is 0 Å². The lowest BCUT2D eigenvalue weighted by atomic mass is 10.0. The summed E-state index contributed by atoms with van der Waals surface area (Å²) in [7, 11) is 0. The molecule has 1 fully saturated rings. The Kier molecular flexibility index (Phi) is 3.80. The van der Waals surface area contributed by atoms with Gasteiger partial charge in [0.15, 0.2) is 0 Å². The summed E-state index contributed by atoms with van der Waals surface area (Å²) in [6.45, 7) is 4.34. The lowest BCUT2D eigenvalue weighted by Crippen LogP contribution is -2.48. The fourth-order valence-electron chi connectivity index (χ4n) is 2.54. The van der Waals surface area contributed by atoms with E-state index in [1.807, 2.05) is 41.6 Å². The second-order valence-electron chi connectivity index (χ2n) is 4.94. The Morgan fingerprint density at radius 1 is 1.50 bits per heavy atom. The Hall–Kier alpha value is -1.72. The maximum absolute atomic E-state index is 12.8. The summed E-state index contributed by atoms with van der Waals surface area (Å²) in [6.07, 6.45) is 3.61. The van der Waals surface area contributed by atoms with Gasteiger partial charge in [0.2, 0.25) is 0 Å². The summed E-state index contributed by atoms with van der Waals surface area (Å²) in [5, 5.41) is 5.34. The number of pyridine rings is 1. The summed E-state index contributed by atoms with van der Waals surface area (Å²) in [4.78, 5) is 19.7. The number of carbonyl (C=O) groups excluding carboxylic acids is 1. The lowest BCUT2D eigenvalue weighted by Gasteiger charge is -2.36. The minimum atomic E-state index is 0.0615. The van der Waals surface area contributed by atoms with Crippen molar-refractivity contribution in [3.05, 3.63) is 52.0 Å². The van der Waals surface area contributed by atoms with Crippen molar-refractivity contribution in [2.45, 2.75) is 13.0 Å². The van der Waals surface area contributed by atoms with Crippen molar-refractivity contribution in [2.75, 3.05) is 19.6 Å². The summed E-state index contributed by atoms with van der Waals surface area (Å²) < 4.78 is 0. The molecule has 0 bridgehead atoms. The first-order chi connectivity index (χ1) is 9.77. The number of thiophene rings is 1. The molecule has 3 rings (SSSR count). The van der Waals surface area contributed by atoms with Crippen molar-refractivity contribution in [1.82, 2.24) is 15.2 Å². The summed E-state index contributed by atoms with van der Waals surface area (Å²) in [5.74, 6) is 0.132. The molecule has 0 saturated carbocycles. The number of aromatic nitrogens is 1. The molecular formula is C15H17N3OS. The van der Waals surface area contributed by atoms with E-state index in [2.05, 4.69) is 10.3 Å². The van der Waals surface area contributed by atoms with Gasteiger partial charge in [-0.15, -0.1) is 11.3 Å². The predicted molar refractivity (Wildman–Crippen MR) is 79.9 cm³/mol. The Bertz CT molecular complexity index is 596. The van der Waals surface area contributed by atoms with Crippen LogP contribution in [0.25, 0.3) is 0 Å². The fraction of sp³-hybridized carbons (Fsp3) is 0.333. The number of amides is 1. The molecule has 1 saturated heterocycles. The molecule has 1 N–H and O–H groups in total. The molecular weight excluding hydrogens is 270 g/mol. The van der Waals surface area contributed by atoms with Crippen LogP contribution >= 0.6 is 11.3 Å². The molecule has 4 nitrogen and oxygen atoms in total. The van der Waals surface area contributed by atoms with Gasteiger partial charge in [0.25, 0.3) is 5.91 Å². The first kappa shape index (κ1) is 13.3. The van der Waals surface area contributed by atoms with Gasteiger partial charge in [-0.2, -0.15) is 0 Å². The van der Waals surface area contributed by atoms with Gasteiger partial charge < -0.3 is 10.2 Å². The predicted octanol–water partition coefficient (Wildman–Crippen LogP) is 2.24. The van der Waals surface area contributed by atoms with Gasteiger partial charge in [-0.1, -0.05) is 6.07 Å². The zero-order valence-corrected chi connectivity index (χ0v) is 12.2. The van der Waals surface area contributed by atoms with Crippen molar-refractivity contribution in [3.63, 3.8) is 0 Å². The van der Waals surface area contributed by atoms with E-state index >= 15 is 0 Å². The zero-order chi connectivity index (χ0) is 13.9. The quantitative estimate of drug-likeness (QED) is 0.921. The van der Waals surface area contributed by atoms with E-state index in [-0.39, 0.29) is 11.9 Å². The molecule has 104 valence electrons. The van der Waals surface area contributed by atoms with Crippen LogP contribution in [0, 0.1) is 6.92 Å². The molecule has 1 aliphatic heterocycles. The number of hydrogen-bond donors (Lipinski definition) is 1. The van der Waals surface area contributed by atoms with E-state index in [9.17, 15) is 4.79 Å². The van der Waals surface area contributed by atoms with E-state index in [0.717, 1.165) is 35.6 Å². The highest BCUT2D eigenvalue weighted by Gasteiger charge is 2.29. The smallest absolute Gasteiger partial charge is 0.264 e. The van der Waals surface area contributed by atoms with E-state index in [4.69, 9.17) is 0 Å². The molecule has 0 aromatic carbocycles. The van der Waals surface area contributed by atoms with Gasteiger partial charge >= 0.3 is 0 Å². The first-order valence-corrected chi connectivity index (χ1v) is 7.61. The lowest BCUT2D eigenvalue weighted by molar-refractivity contribution is 0.0638. The summed E-state index contributed by atoms with van der Waals surface area (Å²) in [6, 6.07) is 6.01. The fourth-order valence-corrected chi connectivity index (χ4v) is 3.42. The highest BCUT2D eigenvalue weighted by atomic mass is 32.1. The molecule has 0 spiro atoms. The van der Waals surface area contributed by atoms with Crippen LogP contribution in [0.2, 0.25) is 0 Å². The zero-order valence-electron chi connectivity index (χ0n) is 11.4. The van der Waals surface area contributed by atoms with Crippen molar-refractivity contribution < 1.29 is 4.79 Å². The van der Waals surface area contributed by atoms with Crippen LogP contribution in [0.1, 0.15) is 26.8 Å². The van der Waals surface area contributed by atoms with Gasteiger partial charge in [-0.25, -0.2) is 0 Å². The largest absolute Gasteiger partial charge is 0.328 e. The SMILES string of the molecule is Cc1ccsc1C(=O)N1CCNCC1c1cccnc1. The number of carbonyl (C=O) groups is 1. The number of hydrogen-bond acceptors (Lipinski definition) is 4. The Labute approximate surface area is 122 Å². The van der Waals surface area contributed by atoms with E-state index in [1.54, 1.807) is 6.20 Å². The second kappa shape index (κ2) is 5.73. The topological polar surface area (TPSA) is 45.2 Å². The monoisotopic (exact) mass is 287 g/mol. The third kappa shape index (κ3) is 2.46. The van der Waals surface area contributed by atoms with E-state index in [0.29, 0.717) is 0 Å². The number of nitrogens with one attached hydrogen (secondary N) is 1. The third-order valence-electron chi connectivity index (χ3n) is 3.63. The van der Waals surface area contributed by atoms with Gasteiger partial charge in [-0.05, 0) is 35.6 Å². The average Bonchev–Trinajstić information content (AvgIpc) is 2.93. The molecule has 2 aromatic rings. The summed E-state index contributed by atoms with van der Waals surface area (Å²) >= 11 is 1.52. The Balaban J connectivity index is 1.90. The maximum Gasteiger partial charge on any atom is 0.264 e. The molecule has 1 amide bonds. The molecule has 0 radical (unpaired) electrons. The highest BCUT2D eigenvalue weighted by Crippen LogP contribution is 2.26. The highest BCUT2D eigenvalue weighted by molar-refractivity contribution is 7.12. The van der Waals surface area contributed by atoms with Crippen LogP contribution in [0.3, 0.4) is 0 Å². The molecule has 5 heteroatoms. The van der Waals surface area contributed by atoms with Crippen LogP contribution in [0.5, 0.6) is 0 Å². The van der Waals surface area contributed by atoms with Crippen molar-refractivity contribution >= 4 is 17.2 Å². The number of piperazine rings is 1. The van der Waals surface area contributed by atoms with Gasteiger partial charge in [-0.3, -0.25) is 9.78 Å². The van der Waals surface area contributed by atoms with Gasteiger partial charge in [0.05, 0.1) is 10.9 Å². The van der Waals surface area contributed by atoms with Crippen molar-refractivity contribution in [1.29, 1.82) is 0 Å². The van der Waals surface area contributed by atoms with Crippen LogP contribution in [-0.4, -0.2) is 35.4 Å². The third-order valence-corrected chi connectivity index (χ3v) is 4.63. The van der Waals surface area contributed by atoms with E-state index < -0.39 is 0 Å². The standard InChI is InChI=1S/C15H17N3OS/c1-11-4-8-20-14(11)15(19)18-7-6-17-10-13(18)12-3-2-5-16-9-12/h2-5,8-9,13,17H,6-7,10H2,1H3. The van der Waals surface area contributed by atoms with Crippen LogP contribution in [-0.2, 0) is 0 Å². The van der Waals surface area contributed by atoms with Crippen LogP contribution < -0.4 is 5.32 Å². The molecule has 20 heavy (non-hydrogen) atoms. The van der Waals surface area contributed by atoms with Crippen LogP contribution in [0.4, 0.5) is 0 Å². The van der Waals surface area contributed by atoms with Gasteiger partial charge in [0, 0.05) is 32.0 Å². The first-order valence-electron chi connectivity index (χ1n) is 6.73. The second-order valence-corrected chi connectivity index (χ2v) is 5.85. The average molecular weight is 287 g/mol. The minimum Gasteiger partial charge on any atom is -0.328 e. The van der Waals surface area contributed by atoms with E-state index in [1.165, 1.54) is 11.3 Å². The number of nitrogens with zero attached hydrogens (tertiary/aromatic N) is 2. The molecule has 1 atom stereocenters. The number of rotatable bonds is 2. The van der Waals surface area contributed by atoms with Crippen LogP contribution in [0.15, 0.2) is 36.0 Å². The molecule has 2 aromatic heterocycles. The molecule has 0 aliphatic carbocycles. The molecule has 1 aliphatic rings. The Morgan fingerprint density at radius 2 is 2.40 bits per heavy atom. The van der Waals surface area contributed by atoms with Crippen molar-refractivity contribution in [2.24, 2.45) is 0 Å². The molecule has 1 unspecified atom stereocenters. The molecule has 3 heterocycles. The number of aryl methyl sites for hydroxylation is 1.